The molecular weight excluding hydrogens is 390 g/mol. The Morgan fingerprint density at radius 2 is 1.82 bits per heavy atom. The number of aliphatic carboxylic acids is 1. The molecular formula is C17H17N3O7S. The van der Waals surface area contributed by atoms with Crippen molar-refractivity contribution < 1.29 is 28.2 Å². The average Bonchev–Trinajstić information content (AvgIpc) is 2.98. The molecule has 3 N–H and O–H groups in total. The number of carbonyl (C=O) groups excluding carboxylic acids is 1. The summed E-state index contributed by atoms with van der Waals surface area (Å²) in [7, 11) is -2.15. The van der Waals surface area contributed by atoms with E-state index in [9.17, 15) is 27.9 Å². The van der Waals surface area contributed by atoms with Crippen molar-refractivity contribution in [2.75, 3.05) is 6.26 Å². The molecule has 1 unspecified atom stereocenters. The number of rotatable bonds is 4. The maximum Gasteiger partial charge on any atom is 0.325 e. The van der Waals surface area contributed by atoms with Gasteiger partial charge < -0.3 is 15.5 Å². The standard InChI is InChI=1S/C17H17N3O7S/c1-8(17(24)25)18-15(22)13-14(21)12-6-9-4-5-10(28(3,26)27)7-11(9)20(12)19(2)16(13)23/h4-8,21H,1-3H3,(H,18,22)(H,24,25). The molecule has 0 aliphatic carbocycles. The van der Waals surface area contributed by atoms with Gasteiger partial charge in [0.05, 0.1) is 10.4 Å². The number of hydrogen-bond acceptors (Lipinski definition) is 6. The van der Waals surface area contributed by atoms with Gasteiger partial charge in [0.2, 0.25) is 0 Å². The second-order valence-electron chi connectivity index (χ2n) is 6.42. The van der Waals surface area contributed by atoms with E-state index in [0.29, 0.717) is 10.9 Å². The molecule has 1 amide bonds. The highest BCUT2D eigenvalue weighted by Gasteiger charge is 2.25. The summed E-state index contributed by atoms with van der Waals surface area (Å²) in [5, 5.41) is 22.1. The third-order valence-electron chi connectivity index (χ3n) is 4.41. The van der Waals surface area contributed by atoms with Gasteiger partial charge in [-0.2, -0.15) is 0 Å². The van der Waals surface area contributed by atoms with Gasteiger partial charge in [0.1, 0.15) is 17.1 Å². The third-order valence-corrected chi connectivity index (χ3v) is 5.52. The van der Waals surface area contributed by atoms with Crippen molar-refractivity contribution in [1.82, 2.24) is 14.5 Å². The summed E-state index contributed by atoms with van der Waals surface area (Å²) in [4.78, 5) is 36.0. The Hall–Kier alpha value is -3.34. The summed E-state index contributed by atoms with van der Waals surface area (Å²) >= 11 is 0. The number of aromatic nitrogens is 2. The van der Waals surface area contributed by atoms with E-state index >= 15 is 0 Å². The number of carbonyl (C=O) groups is 2. The number of carboxylic acids is 1. The van der Waals surface area contributed by atoms with Gasteiger partial charge in [-0.1, -0.05) is 6.07 Å². The molecule has 0 spiro atoms. The molecule has 1 aromatic carbocycles. The minimum atomic E-state index is -3.50. The van der Waals surface area contributed by atoms with Gasteiger partial charge in [0.25, 0.3) is 11.5 Å². The van der Waals surface area contributed by atoms with Gasteiger partial charge in [-0.3, -0.25) is 14.4 Å². The first kappa shape index (κ1) is 19.4. The molecule has 3 rings (SSSR count). The Labute approximate surface area is 158 Å². The SMILES string of the molecule is CC(NC(=O)c1c(O)c2cc3ccc(S(C)(=O)=O)cc3n2n(C)c1=O)C(=O)O. The van der Waals surface area contributed by atoms with Crippen molar-refractivity contribution in [3.05, 3.63) is 40.2 Å². The van der Waals surface area contributed by atoms with E-state index in [1.165, 1.54) is 42.8 Å². The number of nitrogens with one attached hydrogen (secondary N) is 1. The summed E-state index contributed by atoms with van der Waals surface area (Å²) in [6, 6.07) is 4.51. The maximum absolute atomic E-state index is 12.7. The Morgan fingerprint density at radius 1 is 1.18 bits per heavy atom. The monoisotopic (exact) mass is 407 g/mol. The highest BCUT2D eigenvalue weighted by atomic mass is 32.2. The molecule has 0 aliphatic rings. The molecule has 0 aliphatic heterocycles. The lowest BCUT2D eigenvalue weighted by Crippen LogP contribution is -2.41. The second-order valence-corrected chi connectivity index (χ2v) is 8.44. The number of aromatic hydroxyl groups is 1. The number of hydrogen-bond donors (Lipinski definition) is 3. The summed E-state index contributed by atoms with van der Waals surface area (Å²) in [6.07, 6.45) is 1.05. The maximum atomic E-state index is 12.7. The summed E-state index contributed by atoms with van der Waals surface area (Å²) in [6.45, 7) is 1.22. The first-order valence-electron chi connectivity index (χ1n) is 8.04. The van der Waals surface area contributed by atoms with Crippen LogP contribution in [0.4, 0.5) is 0 Å². The summed E-state index contributed by atoms with van der Waals surface area (Å²) in [5.41, 5.74) is -1.04. The molecule has 28 heavy (non-hydrogen) atoms. The minimum absolute atomic E-state index is 0.0315. The highest BCUT2D eigenvalue weighted by Crippen LogP contribution is 2.29. The van der Waals surface area contributed by atoms with Gasteiger partial charge in [-0.25, -0.2) is 17.6 Å². The van der Waals surface area contributed by atoms with Crippen molar-refractivity contribution in [2.24, 2.45) is 7.05 Å². The van der Waals surface area contributed by atoms with Crippen LogP contribution in [0.15, 0.2) is 34.0 Å². The molecule has 0 fully saturated rings. The van der Waals surface area contributed by atoms with Gasteiger partial charge in [0.15, 0.2) is 15.6 Å². The number of carboxylic acid groups (broad SMARTS) is 1. The van der Waals surface area contributed by atoms with E-state index in [1.54, 1.807) is 0 Å². The van der Waals surface area contributed by atoms with Crippen molar-refractivity contribution in [1.29, 1.82) is 0 Å². The molecule has 2 aromatic heterocycles. The first-order chi connectivity index (χ1) is 12.9. The van der Waals surface area contributed by atoms with Crippen molar-refractivity contribution in [2.45, 2.75) is 17.9 Å². The lowest BCUT2D eigenvalue weighted by atomic mass is 10.2. The zero-order valence-corrected chi connectivity index (χ0v) is 15.9. The van der Waals surface area contributed by atoms with E-state index in [-0.39, 0.29) is 10.4 Å². The van der Waals surface area contributed by atoms with Gasteiger partial charge in [-0.15, -0.1) is 0 Å². The fourth-order valence-electron chi connectivity index (χ4n) is 2.91. The van der Waals surface area contributed by atoms with Crippen molar-refractivity contribution in [3.8, 4) is 5.75 Å². The molecule has 0 radical (unpaired) electrons. The molecule has 0 saturated carbocycles. The lowest BCUT2D eigenvalue weighted by Gasteiger charge is -2.13. The number of benzene rings is 1. The van der Waals surface area contributed by atoms with E-state index < -0.39 is 44.6 Å². The first-order valence-corrected chi connectivity index (χ1v) is 9.93. The van der Waals surface area contributed by atoms with Crippen LogP contribution in [0, 0.1) is 0 Å². The second kappa shape index (κ2) is 6.37. The zero-order valence-electron chi connectivity index (χ0n) is 15.1. The molecule has 1 atom stereocenters. The largest absolute Gasteiger partial charge is 0.505 e. The van der Waals surface area contributed by atoms with Gasteiger partial charge in [-0.05, 0) is 25.1 Å². The molecule has 0 bridgehead atoms. The van der Waals surface area contributed by atoms with Gasteiger partial charge in [0, 0.05) is 18.7 Å². The van der Waals surface area contributed by atoms with Crippen molar-refractivity contribution in [3.63, 3.8) is 0 Å². The zero-order chi connectivity index (χ0) is 21.0. The smallest absolute Gasteiger partial charge is 0.325 e. The number of aryl methyl sites for hydroxylation is 1. The van der Waals surface area contributed by atoms with Crippen LogP contribution >= 0.6 is 0 Å². The Kier molecular flexibility index (Phi) is 4.42. The molecule has 11 heteroatoms. The summed E-state index contributed by atoms with van der Waals surface area (Å²) < 4.78 is 26.0. The van der Waals surface area contributed by atoms with Crippen LogP contribution in [0.1, 0.15) is 17.3 Å². The third kappa shape index (κ3) is 2.99. The highest BCUT2D eigenvalue weighted by molar-refractivity contribution is 7.90. The summed E-state index contributed by atoms with van der Waals surface area (Å²) in [5.74, 6) is -2.96. The van der Waals surface area contributed by atoms with Crippen molar-refractivity contribution >= 4 is 38.1 Å². The van der Waals surface area contributed by atoms with Crippen LogP contribution in [0.3, 0.4) is 0 Å². The molecule has 2 heterocycles. The van der Waals surface area contributed by atoms with E-state index in [4.69, 9.17) is 5.11 Å². The van der Waals surface area contributed by atoms with E-state index in [2.05, 4.69) is 5.32 Å². The van der Waals surface area contributed by atoms with Crippen LogP contribution in [-0.4, -0.2) is 52.0 Å². The fourth-order valence-corrected chi connectivity index (χ4v) is 3.55. The Morgan fingerprint density at radius 3 is 2.39 bits per heavy atom. The van der Waals surface area contributed by atoms with Gasteiger partial charge >= 0.3 is 5.97 Å². The predicted octanol–water partition coefficient (Wildman–Crippen LogP) is 0.103. The predicted molar refractivity (Wildman–Crippen MR) is 99.5 cm³/mol. The van der Waals surface area contributed by atoms with Crippen LogP contribution < -0.4 is 10.9 Å². The molecule has 148 valence electrons. The Balaban J connectivity index is 2.32. The average molecular weight is 407 g/mol. The number of fused-ring (bicyclic) bond motifs is 3. The topological polar surface area (TPSA) is 147 Å². The number of sulfone groups is 1. The molecule has 3 aromatic rings. The fraction of sp³-hybridized carbons (Fsp3) is 0.235. The van der Waals surface area contributed by atoms with Crippen LogP contribution in [0.5, 0.6) is 5.75 Å². The molecule has 0 saturated heterocycles. The number of amides is 1. The minimum Gasteiger partial charge on any atom is -0.505 e. The van der Waals surface area contributed by atoms with Crippen LogP contribution in [0.2, 0.25) is 0 Å². The van der Waals surface area contributed by atoms with E-state index in [1.807, 2.05) is 0 Å². The lowest BCUT2D eigenvalue weighted by molar-refractivity contribution is -0.138. The van der Waals surface area contributed by atoms with Crippen LogP contribution in [0.25, 0.3) is 16.4 Å². The molecule has 10 nitrogen and oxygen atoms in total. The quantitative estimate of drug-likeness (QED) is 0.556. The van der Waals surface area contributed by atoms with Crippen LogP contribution in [-0.2, 0) is 21.7 Å². The Bertz CT molecular complexity index is 1320. The van der Waals surface area contributed by atoms with E-state index in [0.717, 1.165) is 10.9 Å². The normalized spacial score (nSPS) is 13.0. The number of nitrogens with zero attached hydrogens (tertiary/aromatic N) is 2.